The molecule has 6 heteroatoms. The molecule has 0 aromatic heterocycles. The van der Waals surface area contributed by atoms with Crippen LogP contribution in [0, 0.1) is 5.92 Å². The molecule has 1 aliphatic rings. The number of benzene rings is 2. The Morgan fingerprint density at radius 2 is 1.68 bits per heavy atom. The van der Waals surface area contributed by atoms with Crippen LogP contribution in [0.25, 0.3) is 0 Å². The summed E-state index contributed by atoms with van der Waals surface area (Å²) in [5.74, 6) is -0.663. The molecule has 0 saturated carbocycles. The van der Waals surface area contributed by atoms with Crippen LogP contribution < -0.4 is 20.4 Å². The minimum atomic E-state index is -0.578. The van der Waals surface area contributed by atoms with E-state index >= 15 is 0 Å². The number of rotatable bonds is 8. The lowest BCUT2D eigenvalue weighted by molar-refractivity contribution is -0.139. The topological polar surface area (TPSA) is 64.7 Å². The van der Waals surface area contributed by atoms with Crippen LogP contribution in [0.15, 0.2) is 48.5 Å². The van der Waals surface area contributed by atoms with E-state index in [0.29, 0.717) is 19.0 Å². The number of nitrogens with zero attached hydrogens (tertiary/aromatic N) is 2. The second-order valence-electron chi connectivity index (χ2n) is 8.72. The van der Waals surface area contributed by atoms with Gasteiger partial charge >= 0.3 is 11.8 Å². The highest BCUT2D eigenvalue weighted by Gasteiger charge is 2.28. The number of carbonyl (C=O) groups excluding carboxylic acids is 2. The van der Waals surface area contributed by atoms with Gasteiger partial charge in [-0.15, -0.1) is 0 Å². The molecule has 2 aromatic carbocycles. The van der Waals surface area contributed by atoms with Gasteiger partial charge in [0.15, 0.2) is 0 Å². The summed E-state index contributed by atoms with van der Waals surface area (Å²) in [6.45, 7) is 5.94. The molecule has 6 nitrogen and oxygen atoms in total. The summed E-state index contributed by atoms with van der Waals surface area (Å²) in [5, 5.41) is 5.57. The van der Waals surface area contributed by atoms with Gasteiger partial charge in [-0.25, -0.2) is 0 Å². The Morgan fingerprint density at radius 1 is 1.00 bits per heavy atom. The molecule has 2 N–H and O–H groups in total. The number of amides is 2. The lowest BCUT2D eigenvalue weighted by atomic mass is 10.0. The van der Waals surface area contributed by atoms with Gasteiger partial charge in [0.1, 0.15) is 0 Å². The smallest absolute Gasteiger partial charge is 0.309 e. The zero-order valence-electron chi connectivity index (χ0n) is 19.0. The van der Waals surface area contributed by atoms with Gasteiger partial charge in [0.05, 0.1) is 6.04 Å². The molecule has 3 rings (SSSR count). The van der Waals surface area contributed by atoms with Crippen LogP contribution in [-0.2, 0) is 16.0 Å². The molecule has 166 valence electrons. The zero-order valence-corrected chi connectivity index (χ0v) is 19.0. The molecule has 0 aliphatic carbocycles. The van der Waals surface area contributed by atoms with Gasteiger partial charge in [-0.2, -0.15) is 0 Å². The van der Waals surface area contributed by atoms with Crippen LogP contribution in [0.4, 0.5) is 11.4 Å². The van der Waals surface area contributed by atoms with E-state index in [4.69, 9.17) is 0 Å². The average Bonchev–Trinajstić information content (AvgIpc) is 3.18. The molecular formula is C25H34N4O2. The van der Waals surface area contributed by atoms with Crippen molar-refractivity contribution in [3.05, 3.63) is 59.7 Å². The number of para-hydroxylation sites is 1. The summed E-state index contributed by atoms with van der Waals surface area (Å²) >= 11 is 0. The summed E-state index contributed by atoms with van der Waals surface area (Å²) in [5.41, 5.74) is 4.75. The molecule has 0 bridgehead atoms. The molecule has 1 heterocycles. The van der Waals surface area contributed by atoms with Gasteiger partial charge in [0.25, 0.3) is 0 Å². The fraction of sp³-hybridized carbons (Fsp3) is 0.440. The maximum absolute atomic E-state index is 12.4. The van der Waals surface area contributed by atoms with Crippen molar-refractivity contribution in [2.75, 3.05) is 43.5 Å². The predicted octanol–water partition coefficient (Wildman–Crippen LogP) is 3.13. The average molecular weight is 423 g/mol. The van der Waals surface area contributed by atoms with Crippen molar-refractivity contribution >= 4 is 23.2 Å². The SMILES string of the molecule is CC(C)CCNC(=O)C(=O)NC[C@H](c1ccc(N(C)C)cc1)N1CCc2ccccc21. The number of anilines is 2. The maximum atomic E-state index is 12.4. The Balaban J connectivity index is 1.74. The molecule has 2 amide bonds. The minimum Gasteiger partial charge on any atom is -0.378 e. The van der Waals surface area contributed by atoms with Crippen molar-refractivity contribution in [2.45, 2.75) is 32.7 Å². The third-order valence-electron chi connectivity index (χ3n) is 5.76. The monoisotopic (exact) mass is 422 g/mol. The number of fused-ring (bicyclic) bond motifs is 1. The van der Waals surface area contributed by atoms with Gasteiger partial charge in [-0.05, 0) is 48.1 Å². The van der Waals surface area contributed by atoms with Crippen molar-refractivity contribution in [3.63, 3.8) is 0 Å². The summed E-state index contributed by atoms with van der Waals surface area (Å²) in [6.07, 6.45) is 1.83. The molecule has 0 radical (unpaired) electrons. The van der Waals surface area contributed by atoms with Crippen molar-refractivity contribution in [2.24, 2.45) is 5.92 Å². The molecule has 0 fully saturated rings. The van der Waals surface area contributed by atoms with Gasteiger partial charge in [0, 0.05) is 45.1 Å². The highest BCUT2D eigenvalue weighted by atomic mass is 16.2. The Bertz CT molecular complexity index is 893. The predicted molar refractivity (Wildman–Crippen MR) is 126 cm³/mol. The first-order valence-corrected chi connectivity index (χ1v) is 11.0. The summed E-state index contributed by atoms with van der Waals surface area (Å²) < 4.78 is 0. The highest BCUT2D eigenvalue weighted by molar-refractivity contribution is 6.35. The second-order valence-corrected chi connectivity index (χ2v) is 8.72. The fourth-order valence-electron chi connectivity index (χ4n) is 3.91. The van der Waals surface area contributed by atoms with Crippen molar-refractivity contribution in [1.29, 1.82) is 0 Å². The number of nitrogens with one attached hydrogen (secondary N) is 2. The van der Waals surface area contributed by atoms with Crippen molar-refractivity contribution < 1.29 is 9.59 Å². The lowest BCUT2D eigenvalue weighted by Crippen LogP contribution is -2.44. The molecular weight excluding hydrogens is 388 g/mol. The molecule has 31 heavy (non-hydrogen) atoms. The lowest BCUT2D eigenvalue weighted by Gasteiger charge is -2.31. The second kappa shape index (κ2) is 10.3. The quantitative estimate of drug-likeness (QED) is 0.642. The third kappa shape index (κ3) is 5.78. The molecule has 1 atom stereocenters. The van der Waals surface area contributed by atoms with Crippen LogP contribution in [-0.4, -0.2) is 45.5 Å². The van der Waals surface area contributed by atoms with Crippen LogP contribution in [0.2, 0.25) is 0 Å². The van der Waals surface area contributed by atoms with Gasteiger partial charge in [-0.3, -0.25) is 9.59 Å². The van der Waals surface area contributed by atoms with Gasteiger partial charge in [-0.1, -0.05) is 44.2 Å². The largest absolute Gasteiger partial charge is 0.378 e. The molecule has 0 saturated heterocycles. The van der Waals surface area contributed by atoms with Gasteiger partial charge in [0.2, 0.25) is 0 Å². The van der Waals surface area contributed by atoms with Crippen LogP contribution in [0.5, 0.6) is 0 Å². The zero-order chi connectivity index (χ0) is 22.4. The first-order valence-electron chi connectivity index (χ1n) is 11.0. The summed E-state index contributed by atoms with van der Waals surface area (Å²) in [6, 6.07) is 16.7. The Labute approximate surface area is 185 Å². The van der Waals surface area contributed by atoms with E-state index < -0.39 is 11.8 Å². The van der Waals surface area contributed by atoms with E-state index in [-0.39, 0.29) is 6.04 Å². The first kappa shape index (κ1) is 22.7. The van der Waals surface area contributed by atoms with E-state index in [0.717, 1.165) is 30.6 Å². The van der Waals surface area contributed by atoms with E-state index in [1.165, 1.54) is 11.3 Å². The summed E-state index contributed by atoms with van der Waals surface area (Å²) in [7, 11) is 4.03. The standard InChI is InChI=1S/C25H34N4O2/c1-18(2)13-15-26-24(30)25(31)27-17-23(20-9-11-21(12-10-20)28(3)4)29-16-14-19-7-5-6-8-22(19)29/h5-12,18,23H,13-17H2,1-4H3,(H,26,30)(H,27,31)/t23-/m1/s1. The van der Waals surface area contributed by atoms with E-state index in [1.807, 2.05) is 20.2 Å². The Kier molecular flexibility index (Phi) is 7.55. The molecule has 1 aliphatic heterocycles. The minimum absolute atomic E-state index is 0.0488. The molecule has 0 spiro atoms. The first-order chi connectivity index (χ1) is 14.9. The molecule has 0 unspecified atom stereocenters. The van der Waals surface area contributed by atoms with Crippen molar-refractivity contribution in [3.8, 4) is 0 Å². The summed E-state index contributed by atoms with van der Waals surface area (Å²) in [4.78, 5) is 29.0. The van der Waals surface area contributed by atoms with Crippen LogP contribution in [0.1, 0.15) is 37.4 Å². The highest BCUT2D eigenvalue weighted by Crippen LogP contribution is 2.35. The number of hydrogen-bond donors (Lipinski definition) is 2. The fourth-order valence-corrected chi connectivity index (χ4v) is 3.91. The van der Waals surface area contributed by atoms with Crippen LogP contribution in [0.3, 0.4) is 0 Å². The van der Waals surface area contributed by atoms with Crippen molar-refractivity contribution in [1.82, 2.24) is 10.6 Å². The van der Waals surface area contributed by atoms with E-state index in [2.05, 4.69) is 76.7 Å². The number of hydrogen-bond acceptors (Lipinski definition) is 4. The number of carbonyl (C=O) groups is 2. The third-order valence-corrected chi connectivity index (χ3v) is 5.76. The Hall–Kier alpha value is -3.02. The van der Waals surface area contributed by atoms with E-state index in [9.17, 15) is 9.59 Å². The van der Waals surface area contributed by atoms with Gasteiger partial charge < -0.3 is 20.4 Å². The maximum Gasteiger partial charge on any atom is 0.309 e. The van der Waals surface area contributed by atoms with Crippen LogP contribution >= 0.6 is 0 Å². The van der Waals surface area contributed by atoms with E-state index in [1.54, 1.807) is 0 Å². The normalized spacial score (nSPS) is 13.6. The Morgan fingerprint density at radius 3 is 2.35 bits per heavy atom. The molecule has 2 aromatic rings.